The minimum Gasteiger partial charge on any atom is -0.360 e. The quantitative estimate of drug-likeness (QED) is 0.769. The fourth-order valence-corrected chi connectivity index (χ4v) is 1.49. The molecule has 16 heavy (non-hydrogen) atoms. The molecule has 1 N–H and O–H groups in total. The third kappa shape index (κ3) is 2.42. The molecule has 0 aromatic carbocycles. The van der Waals surface area contributed by atoms with Crippen molar-refractivity contribution < 1.29 is 5.95 Å². The lowest BCUT2D eigenvalue weighted by Crippen LogP contribution is -2.08. The van der Waals surface area contributed by atoms with E-state index >= 15 is 0 Å². The second kappa shape index (κ2) is 4.39. The lowest BCUT2D eigenvalue weighted by Gasteiger charge is -2.05. The summed E-state index contributed by atoms with van der Waals surface area (Å²) in [5.74, 6) is 1.54. The van der Waals surface area contributed by atoms with Gasteiger partial charge >= 0.3 is 0 Å². The van der Waals surface area contributed by atoms with Crippen LogP contribution in [0, 0.1) is 0 Å². The van der Waals surface area contributed by atoms with Crippen molar-refractivity contribution in [2.24, 2.45) is 0 Å². The first-order valence-corrected chi connectivity index (χ1v) is 5.45. The summed E-state index contributed by atoms with van der Waals surface area (Å²) in [6, 6.07) is 1.95. The van der Waals surface area contributed by atoms with Gasteiger partial charge in [-0.05, 0) is 25.8 Å². The molecule has 1 fully saturated rings. The maximum atomic E-state index is 5.25. The predicted molar refractivity (Wildman–Crippen MR) is 66.7 cm³/mol. The summed E-state index contributed by atoms with van der Waals surface area (Å²) in [7, 11) is 0. The Bertz CT molecular complexity index is 444. The van der Waals surface area contributed by atoms with Crippen LogP contribution in [0.15, 0.2) is 41.6 Å². The number of nitrogens with zero attached hydrogens (tertiary/aromatic N) is 1. The molecule has 1 aromatic heterocycles. The van der Waals surface area contributed by atoms with Gasteiger partial charge in [0.2, 0.25) is 0 Å². The van der Waals surface area contributed by atoms with Gasteiger partial charge < -0.3 is 9.84 Å². The molecule has 0 bridgehead atoms. The zero-order chi connectivity index (χ0) is 11.5. The van der Waals surface area contributed by atoms with Gasteiger partial charge in [-0.15, -0.1) is 0 Å². The van der Waals surface area contributed by atoms with Crippen molar-refractivity contribution in [1.29, 1.82) is 0 Å². The second-order valence-corrected chi connectivity index (χ2v) is 4.02. The van der Waals surface area contributed by atoms with Gasteiger partial charge in [0.05, 0.1) is 5.70 Å². The summed E-state index contributed by atoms with van der Waals surface area (Å²) in [6.07, 6.45) is 6.22. The lowest BCUT2D eigenvalue weighted by atomic mass is 10.2. The largest absolute Gasteiger partial charge is 0.360 e. The van der Waals surface area contributed by atoms with E-state index in [4.69, 9.17) is 4.52 Å². The Hall–Kier alpha value is -1.77. The molecule has 0 saturated heterocycles. The van der Waals surface area contributed by atoms with Crippen LogP contribution < -0.4 is 5.32 Å². The molecule has 0 spiro atoms. The predicted octanol–water partition coefficient (Wildman–Crippen LogP) is 3.45. The minimum absolute atomic E-state index is 0. The zero-order valence-electron chi connectivity index (χ0n) is 9.49. The molecule has 1 aromatic rings. The Labute approximate surface area is 97.0 Å². The van der Waals surface area contributed by atoms with Crippen LogP contribution in [0.2, 0.25) is 0 Å². The molecule has 0 aliphatic heterocycles. The maximum Gasteiger partial charge on any atom is 0.140 e. The van der Waals surface area contributed by atoms with Crippen molar-refractivity contribution in [3.63, 3.8) is 0 Å². The molecule has 0 radical (unpaired) electrons. The van der Waals surface area contributed by atoms with Gasteiger partial charge in [-0.25, -0.2) is 0 Å². The lowest BCUT2D eigenvalue weighted by molar-refractivity contribution is 0.382. The molecule has 3 nitrogen and oxygen atoms in total. The number of aromatic nitrogens is 1. The average Bonchev–Trinajstić information content (AvgIpc) is 2.96. The highest BCUT2D eigenvalue weighted by Crippen LogP contribution is 2.40. The van der Waals surface area contributed by atoms with Gasteiger partial charge in [-0.1, -0.05) is 24.4 Å². The molecule has 0 amide bonds. The maximum absolute atomic E-state index is 5.25. The number of rotatable bonds is 5. The van der Waals surface area contributed by atoms with Crippen molar-refractivity contribution >= 4 is 5.70 Å². The monoisotopic (exact) mass is 218 g/mol. The van der Waals surface area contributed by atoms with E-state index in [0.717, 1.165) is 22.8 Å². The molecule has 2 rings (SSSR count). The fourth-order valence-electron chi connectivity index (χ4n) is 1.49. The normalized spacial score (nSPS) is 15.3. The Kier molecular flexibility index (Phi) is 2.95. The van der Waals surface area contributed by atoms with Crippen molar-refractivity contribution in [2.45, 2.75) is 25.7 Å². The molecule has 1 heterocycles. The Morgan fingerprint density at radius 2 is 2.38 bits per heavy atom. The average molecular weight is 218 g/mol. The molecule has 0 atom stereocenters. The molecule has 3 heteroatoms. The van der Waals surface area contributed by atoms with Gasteiger partial charge in [-0.3, -0.25) is 0 Å². The SMILES string of the molecule is C=C(/C=C\C)NC(=C)c1cc(C2CC2)on1.[HH]. The van der Waals surface area contributed by atoms with E-state index in [1.807, 2.05) is 25.1 Å². The Balaban J connectivity index is 0.00000144. The molecular weight excluding hydrogens is 200 g/mol. The number of hydrogen-bond donors (Lipinski definition) is 1. The van der Waals surface area contributed by atoms with Gasteiger partial charge in [-0.2, -0.15) is 0 Å². The molecule has 86 valence electrons. The van der Waals surface area contributed by atoms with Gasteiger partial charge in [0.25, 0.3) is 0 Å². The first kappa shape index (κ1) is 10.7. The number of hydrogen-bond acceptors (Lipinski definition) is 3. The first-order valence-electron chi connectivity index (χ1n) is 5.45. The van der Waals surface area contributed by atoms with E-state index in [-0.39, 0.29) is 1.43 Å². The van der Waals surface area contributed by atoms with Crippen molar-refractivity contribution in [1.82, 2.24) is 10.5 Å². The van der Waals surface area contributed by atoms with E-state index in [1.54, 1.807) is 0 Å². The summed E-state index contributed by atoms with van der Waals surface area (Å²) in [4.78, 5) is 0. The third-order valence-corrected chi connectivity index (χ3v) is 2.50. The van der Waals surface area contributed by atoms with Crippen molar-refractivity contribution in [2.75, 3.05) is 0 Å². The topological polar surface area (TPSA) is 38.1 Å². The van der Waals surface area contributed by atoms with Crippen LogP contribution >= 0.6 is 0 Å². The molecule has 1 saturated carbocycles. The first-order chi connectivity index (χ1) is 7.70. The highest BCUT2D eigenvalue weighted by atomic mass is 16.5. The van der Waals surface area contributed by atoms with Gasteiger partial charge in [0, 0.05) is 19.1 Å². The van der Waals surface area contributed by atoms with E-state index in [0.29, 0.717) is 5.92 Å². The summed E-state index contributed by atoms with van der Waals surface area (Å²) in [5.41, 5.74) is 2.27. The van der Waals surface area contributed by atoms with Crippen LogP contribution in [0.4, 0.5) is 0 Å². The molecule has 1 aliphatic carbocycles. The van der Waals surface area contributed by atoms with E-state index in [1.165, 1.54) is 12.8 Å². The Morgan fingerprint density at radius 1 is 1.62 bits per heavy atom. The molecule has 1 aliphatic rings. The smallest absolute Gasteiger partial charge is 0.140 e. The fraction of sp³-hybridized carbons (Fsp3) is 0.308. The summed E-state index contributed by atoms with van der Waals surface area (Å²) < 4.78 is 5.25. The van der Waals surface area contributed by atoms with E-state index in [2.05, 4.69) is 23.6 Å². The third-order valence-electron chi connectivity index (χ3n) is 2.50. The van der Waals surface area contributed by atoms with Gasteiger partial charge in [0.15, 0.2) is 0 Å². The summed E-state index contributed by atoms with van der Waals surface area (Å²) in [6.45, 7) is 9.70. The number of allylic oxidation sites excluding steroid dienone is 2. The summed E-state index contributed by atoms with van der Waals surface area (Å²) in [5, 5.41) is 7.06. The highest BCUT2D eigenvalue weighted by Gasteiger charge is 2.28. The van der Waals surface area contributed by atoms with Crippen LogP contribution in [0.5, 0.6) is 0 Å². The molecular formula is C13H18N2O. The van der Waals surface area contributed by atoms with E-state index < -0.39 is 0 Å². The van der Waals surface area contributed by atoms with Crippen molar-refractivity contribution in [3.8, 4) is 0 Å². The van der Waals surface area contributed by atoms with Crippen LogP contribution in [-0.4, -0.2) is 5.16 Å². The second-order valence-electron chi connectivity index (χ2n) is 4.02. The minimum atomic E-state index is 0. The number of nitrogens with one attached hydrogen (secondary N) is 1. The zero-order valence-corrected chi connectivity index (χ0v) is 9.49. The van der Waals surface area contributed by atoms with Crippen LogP contribution in [0.3, 0.4) is 0 Å². The van der Waals surface area contributed by atoms with Crippen LogP contribution in [0.1, 0.15) is 38.6 Å². The van der Waals surface area contributed by atoms with Gasteiger partial charge in [0.1, 0.15) is 11.5 Å². The highest BCUT2D eigenvalue weighted by molar-refractivity contribution is 5.60. The Morgan fingerprint density at radius 3 is 3.00 bits per heavy atom. The van der Waals surface area contributed by atoms with Crippen molar-refractivity contribution in [3.05, 3.63) is 48.5 Å². The van der Waals surface area contributed by atoms with Crippen LogP contribution in [0.25, 0.3) is 5.70 Å². The molecule has 0 unspecified atom stereocenters. The van der Waals surface area contributed by atoms with Crippen LogP contribution in [-0.2, 0) is 0 Å². The standard InChI is InChI=1S/C13H16N2O.H2/c1-4-5-9(2)14-10(3)12-8-13(16-15-12)11-6-7-11;/h4-5,8,11,14H,2-3,6-7H2,1H3;1H/b5-4-;. The van der Waals surface area contributed by atoms with E-state index in [9.17, 15) is 0 Å². The summed E-state index contributed by atoms with van der Waals surface area (Å²) >= 11 is 0.